The Morgan fingerprint density at radius 3 is 2.17 bits per heavy atom. The number of hydrogen-bond acceptors (Lipinski definition) is 2. The molecule has 0 radical (unpaired) electrons. The lowest BCUT2D eigenvalue weighted by Crippen LogP contribution is -3.00. The highest BCUT2D eigenvalue weighted by atomic mass is 35.5. The molecule has 0 aliphatic carbocycles. The molecule has 2 bridgehead atoms. The average Bonchev–Trinajstić information content (AvgIpc) is 2.41. The Hall–Kier alpha value is -0.900. The largest absolute Gasteiger partial charge is 1.00 e. The molecule has 1 aromatic carbocycles. The van der Waals surface area contributed by atoms with Gasteiger partial charge in [0.05, 0.1) is 19.6 Å². The molecule has 1 aromatic rings. The number of halogens is 1. The molecule has 18 heavy (non-hydrogen) atoms. The third-order valence-corrected chi connectivity index (χ3v) is 4.25. The molecule has 98 valence electrons. The number of quaternary nitrogens is 1. The van der Waals surface area contributed by atoms with Crippen molar-refractivity contribution in [1.29, 1.82) is 0 Å². The Bertz CT molecular complexity index is 399. The van der Waals surface area contributed by atoms with Gasteiger partial charge in [-0.05, 0) is 0 Å². The van der Waals surface area contributed by atoms with Gasteiger partial charge in [-0.25, -0.2) is 0 Å². The molecule has 0 amide bonds. The van der Waals surface area contributed by atoms with Gasteiger partial charge in [0.15, 0.2) is 0 Å². The molecule has 0 unspecified atom stereocenters. The molecule has 0 spiro atoms. The van der Waals surface area contributed by atoms with Gasteiger partial charge in [-0.1, -0.05) is 30.3 Å². The molecule has 3 saturated heterocycles. The standard InChI is InChI=1S/C14H19N2O.ClH/c17-14(13-4-2-1-3-5-13)12-16-9-6-15(7-10-16)8-11-16;/h1-5H,6-12H2;1H/q+1;/p-1. The zero-order valence-corrected chi connectivity index (χ0v) is 11.3. The summed E-state index contributed by atoms with van der Waals surface area (Å²) in [7, 11) is 0. The van der Waals surface area contributed by atoms with E-state index in [4.69, 9.17) is 0 Å². The maximum Gasteiger partial charge on any atom is 0.216 e. The number of nitrogens with zero attached hydrogens (tertiary/aromatic N) is 2. The molecule has 3 aliphatic rings. The maximum absolute atomic E-state index is 12.3. The molecule has 3 nitrogen and oxygen atoms in total. The van der Waals surface area contributed by atoms with Crippen molar-refractivity contribution in [3.63, 3.8) is 0 Å². The van der Waals surface area contributed by atoms with E-state index in [0.717, 1.165) is 29.7 Å². The van der Waals surface area contributed by atoms with Gasteiger partial charge in [0.1, 0.15) is 6.54 Å². The predicted molar refractivity (Wildman–Crippen MR) is 66.9 cm³/mol. The van der Waals surface area contributed by atoms with Crippen LogP contribution in [-0.2, 0) is 0 Å². The van der Waals surface area contributed by atoms with Crippen LogP contribution >= 0.6 is 0 Å². The van der Waals surface area contributed by atoms with E-state index < -0.39 is 0 Å². The topological polar surface area (TPSA) is 20.3 Å². The predicted octanol–water partition coefficient (Wildman–Crippen LogP) is -1.98. The van der Waals surface area contributed by atoms with Crippen molar-refractivity contribution in [2.75, 3.05) is 45.8 Å². The van der Waals surface area contributed by atoms with E-state index in [1.807, 2.05) is 30.3 Å². The zero-order chi connectivity index (χ0) is 11.7. The summed E-state index contributed by atoms with van der Waals surface area (Å²) in [4.78, 5) is 14.8. The Morgan fingerprint density at radius 1 is 1.06 bits per heavy atom. The van der Waals surface area contributed by atoms with Crippen LogP contribution in [0.15, 0.2) is 30.3 Å². The van der Waals surface area contributed by atoms with Crippen LogP contribution in [0.4, 0.5) is 0 Å². The number of carbonyl (C=O) groups excluding carboxylic acids is 1. The highest BCUT2D eigenvalue weighted by molar-refractivity contribution is 5.96. The number of piperazine rings is 3. The Morgan fingerprint density at radius 2 is 1.61 bits per heavy atom. The fourth-order valence-electron chi connectivity index (χ4n) is 2.99. The molecule has 0 atom stereocenters. The van der Waals surface area contributed by atoms with Crippen LogP contribution in [0.2, 0.25) is 0 Å². The Balaban J connectivity index is 0.00000120. The minimum absolute atomic E-state index is 0. The normalized spacial score (nSPS) is 29.7. The van der Waals surface area contributed by atoms with Gasteiger partial charge < -0.3 is 16.9 Å². The Kier molecular flexibility index (Phi) is 4.05. The van der Waals surface area contributed by atoms with E-state index in [1.165, 1.54) is 19.6 Å². The number of Topliss-reactive ketones (excluding diaryl/α,β-unsaturated/α-hetero) is 1. The van der Waals surface area contributed by atoms with Gasteiger partial charge in [0, 0.05) is 25.2 Å². The second kappa shape index (κ2) is 5.39. The Labute approximate surface area is 114 Å². The number of carbonyl (C=O) groups is 1. The van der Waals surface area contributed by atoms with Crippen molar-refractivity contribution in [1.82, 2.24) is 4.90 Å². The number of ketones is 1. The van der Waals surface area contributed by atoms with Crippen LogP contribution in [-0.4, -0.2) is 61.0 Å². The summed E-state index contributed by atoms with van der Waals surface area (Å²) in [5, 5.41) is 0. The SMILES string of the molecule is O=C(C[N+]12CCN(CC1)CC2)c1ccccc1.[Cl-]. The first-order valence-corrected chi connectivity index (χ1v) is 6.43. The maximum atomic E-state index is 12.3. The molecule has 4 rings (SSSR count). The molecule has 0 saturated carbocycles. The minimum atomic E-state index is 0. The van der Waals surface area contributed by atoms with Crippen LogP contribution in [0.1, 0.15) is 10.4 Å². The molecule has 0 aromatic heterocycles. The van der Waals surface area contributed by atoms with Gasteiger partial charge in [-0.15, -0.1) is 0 Å². The second-order valence-corrected chi connectivity index (χ2v) is 5.30. The first kappa shape index (κ1) is 13.5. The van der Waals surface area contributed by atoms with Crippen molar-refractivity contribution in [3.05, 3.63) is 35.9 Å². The van der Waals surface area contributed by atoms with Crippen molar-refractivity contribution in [3.8, 4) is 0 Å². The third-order valence-electron chi connectivity index (χ3n) is 4.25. The summed E-state index contributed by atoms with van der Waals surface area (Å²) >= 11 is 0. The summed E-state index contributed by atoms with van der Waals surface area (Å²) in [6, 6.07) is 9.72. The number of benzene rings is 1. The smallest absolute Gasteiger partial charge is 0.216 e. The van der Waals surface area contributed by atoms with Crippen LogP contribution in [0, 0.1) is 0 Å². The molecule has 3 heterocycles. The first-order valence-electron chi connectivity index (χ1n) is 6.43. The lowest BCUT2D eigenvalue weighted by Gasteiger charge is -2.50. The van der Waals surface area contributed by atoms with Gasteiger partial charge in [0.2, 0.25) is 5.78 Å². The second-order valence-electron chi connectivity index (χ2n) is 5.30. The quantitative estimate of drug-likeness (QED) is 0.467. The zero-order valence-electron chi connectivity index (χ0n) is 10.5. The van der Waals surface area contributed by atoms with Crippen LogP contribution < -0.4 is 12.4 Å². The van der Waals surface area contributed by atoms with Crippen LogP contribution in [0.3, 0.4) is 0 Å². The van der Waals surface area contributed by atoms with Crippen molar-refractivity contribution < 1.29 is 21.7 Å². The monoisotopic (exact) mass is 266 g/mol. The molecular weight excluding hydrogens is 248 g/mol. The van der Waals surface area contributed by atoms with E-state index in [2.05, 4.69) is 4.90 Å². The molecular formula is C14H19ClN2O. The highest BCUT2D eigenvalue weighted by Gasteiger charge is 2.39. The highest BCUT2D eigenvalue weighted by Crippen LogP contribution is 2.20. The average molecular weight is 267 g/mol. The van der Waals surface area contributed by atoms with E-state index in [9.17, 15) is 4.79 Å². The van der Waals surface area contributed by atoms with Crippen LogP contribution in [0.5, 0.6) is 0 Å². The molecule has 3 fully saturated rings. The van der Waals surface area contributed by atoms with Gasteiger partial charge in [0.25, 0.3) is 0 Å². The first-order chi connectivity index (χ1) is 8.27. The minimum Gasteiger partial charge on any atom is -1.00 e. The van der Waals surface area contributed by atoms with E-state index in [0.29, 0.717) is 12.3 Å². The number of hydrogen-bond donors (Lipinski definition) is 0. The van der Waals surface area contributed by atoms with Crippen molar-refractivity contribution in [2.45, 2.75) is 0 Å². The summed E-state index contributed by atoms with van der Waals surface area (Å²) in [5.74, 6) is 0.306. The van der Waals surface area contributed by atoms with E-state index in [1.54, 1.807) is 0 Å². The fourth-order valence-corrected chi connectivity index (χ4v) is 2.99. The van der Waals surface area contributed by atoms with Gasteiger partial charge in [-0.3, -0.25) is 9.69 Å². The van der Waals surface area contributed by atoms with Gasteiger partial charge >= 0.3 is 0 Å². The van der Waals surface area contributed by atoms with Crippen molar-refractivity contribution >= 4 is 5.78 Å². The molecule has 3 aliphatic heterocycles. The van der Waals surface area contributed by atoms with Gasteiger partial charge in [-0.2, -0.15) is 0 Å². The van der Waals surface area contributed by atoms with Crippen molar-refractivity contribution in [2.24, 2.45) is 0 Å². The lowest BCUT2D eigenvalue weighted by molar-refractivity contribution is -0.933. The van der Waals surface area contributed by atoms with E-state index in [-0.39, 0.29) is 12.4 Å². The fraction of sp³-hybridized carbons (Fsp3) is 0.500. The molecule has 0 N–H and O–H groups in total. The number of fused-ring (bicyclic) bond motifs is 3. The summed E-state index contributed by atoms with van der Waals surface area (Å²) in [6.07, 6.45) is 0. The third kappa shape index (κ3) is 2.58. The summed E-state index contributed by atoms with van der Waals surface area (Å²) in [5.41, 5.74) is 0.869. The van der Waals surface area contributed by atoms with Crippen LogP contribution in [0.25, 0.3) is 0 Å². The summed E-state index contributed by atoms with van der Waals surface area (Å²) in [6.45, 7) is 7.65. The summed E-state index contributed by atoms with van der Waals surface area (Å²) < 4.78 is 1.02. The number of rotatable bonds is 3. The lowest BCUT2D eigenvalue weighted by atomic mass is 10.1. The van der Waals surface area contributed by atoms with E-state index >= 15 is 0 Å². The molecule has 4 heteroatoms.